The van der Waals surface area contributed by atoms with Crippen molar-refractivity contribution < 1.29 is 19.0 Å². The van der Waals surface area contributed by atoms with E-state index in [1.165, 1.54) is 5.56 Å². The zero-order valence-electron chi connectivity index (χ0n) is 16.1. The number of hydrogen-bond acceptors (Lipinski definition) is 5. The molecule has 0 saturated carbocycles. The van der Waals surface area contributed by atoms with E-state index in [2.05, 4.69) is 29.2 Å². The molecule has 1 heterocycles. The number of carbonyl (C=O) groups is 1. The van der Waals surface area contributed by atoms with Crippen LogP contribution in [0.2, 0.25) is 0 Å². The lowest BCUT2D eigenvalue weighted by Crippen LogP contribution is -2.48. The minimum Gasteiger partial charge on any atom is -0.493 e. The van der Waals surface area contributed by atoms with Crippen molar-refractivity contribution in [2.45, 2.75) is 6.54 Å². The first kappa shape index (κ1) is 19.0. The van der Waals surface area contributed by atoms with Gasteiger partial charge < -0.3 is 19.1 Å². The van der Waals surface area contributed by atoms with Crippen molar-refractivity contribution in [1.82, 2.24) is 9.80 Å². The monoisotopic (exact) mass is 370 g/mol. The summed E-state index contributed by atoms with van der Waals surface area (Å²) in [7, 11) is 4.65. The highest BCUT2D eigenvalue weighted by Crippen LogP contribution is 2.38. The Morgan fingerprint density at radius 1 is 0.889 bits per heavy atom. The van der Waals surface area contributed by atoms with Crippen molar-refractivity contribution in [2.75, 3.05) is 47.5 Å². The summed E-state index contributed by atoms with van der Waals surface area (Å²) < 4.78 is 16.0. The molecule has 0 bridgehead atoms. The van der Waals surface area contributed by atoms with Gasteiger partial charge in [-0.25, -0.2) is 0 Å². The van der Waals surface area contributed by atoms with Crippen LogP contribution >= 0.6 is 0 Å². The van der Waals surface area contributed by atoms with E-state index in [9.17, 15) is 4.79 Å². The fraction of sp³-hybridized carbons (Fsp3) is 0.381. The van der Waals surface area contributed by atoms with Crippen LogP contribution in [0, 0.1) is 0 Å². The van der Waals surface area contributed by atoms with E-state index < -0.39 is 0 Å². The highest BCUT2D eigenvalue weighted by molar-refractivity contribution is 5.95. The Hall–Kier alpha value is -2.73. The van der Waals surface area contributed by atoms with Crippen LogP contribution in [0.4, 0.5) is 0 Å². The SMILES string of the molecule is COc1cc(C(=O)N2CCN(Cc3ccccc3)CC2)cc(OC)c1OC. The first-order valence-corrected chi connectivity index (χ1v) is 9.01. The maximum absolute atomic E-state index is 13.0. The molecule has 0 spiro atoms. The van der Waals surface area contributed by atoms with Crippen LogP contribution in [0.3, 0.4) is 0 Å². The van der Waals surface area contributed by atoms with Gasteiger partial charge in [-0.3, -0.25) is 9.69 Å². The summed E-state index contributed by atoms with van der Waals surface area (Å²) in [6.07, 6.45) is 0. The fourth-order valence-corrected chi connectivity index (χ4v) is 3.34. The topological polar surface area (TPSA) is 51.2 Å². The van der Waals surface area contributed by atoms with E-state index >= 15 is 0 Å². The zero-order chi connectivity index (χ0) is 19.2. The van der Waals surface area contributed by atoms with Crippen molar-refractivity contribution in [2.24, 2.45) is 0 Å². The van der Waals surface area contributed by atoms with Crippen molar-refractivity contribution in [1.29, 1.82) is 0 Å². The normalized spacial score (nSPS) is 14.7. The molecule has 1 aliphatic rings. The summed E-state index contributed by atoms with van der Waals surface area (Å²) in [5.74, 6) is 1.45. The molecule has 1 aliphatic heterocycles. The molecule has 0 N–H and O–H groups in total. The molecule has 0 radical (unpaired) electrons. The Morgan fingerprint density at radius 2 is 1.48 bits per heavy atom. The van der Waals surface area contributed by atoms with Gasteiger partial charge in [0.1, 0.15) is 0 Å². The molecule has 0 unspecified atom stereocenters. The molecule has 6 nitrogen and oxygen atoms in total. The number of benzene rings is 2. The van der Waals surface area contributed by atoms with Gasteiger partial charge in [-0.05, 0) is 17.7 Å². The van der Waals surface area contributed by atoms with E-state index in [4.69, 9.17) is 14.2 Å². The number of ether oxygens (including phenoxy) is 3. The first-order valence-electron chi connectivity index (χ1n) is 9.01. The van der Waals surface area contributed by atoms with Crippen molar-refractivity contribution in [3.8, 4) is 17.2 Å². The van der Waals surface area contributed by atoms with Crippen molar-refractivity contribution in [3.05, 3.63) is 53.6 Å². The quantitative estimate of drug-likeness (QED) is 0.783. The molecule has 0 aliphatic carbocycles. The average molecular weight is 370 g/mol. The summed E-state index contributed by atoms with van der Waals surface area (Å²) in [6, 6.07) is 13.8. The molecule has 0 atom stereocenters. The van der Waals surface area contributed by atoms with Gasteiger partial charge in [0, 0.05) is 38.3 Å². The second kappa shape index (κ2) is 8.77. The van der Waals surface area contributed by atoms with Gasteiger partial charge in [0.2, 0.25) is 5.75 Å². The van der Waals surface area contributed by atoms with Crippen LogP contribution in [0.5, 0.6) is 17.2 Å². The van der Waals surface area contributed by atoms with Gasteiger partial charge >= 0.3 is 0 Å². The second-order valence-corrected chi connectivity index (χ2v) is 6.47. The summed E-state index contributed by atoms with van der Waals surface area (Å²) in [5, 5.41) is 0. The van der Waals surface area contributed by atoms with Crippen LogP contribution in [0.1, 0.15) is 15.9 Å². The number of piperazine rings is 1. The van der Waals surface area contributed by atoms with E-state index in [0.717, 1.165) is 19.6 Å². The van der Waals surface area contributed by atoms with E-state index in [0.29, 0.717) is 35.9 Å². The lowest BCUT2D eigenvalue weighted by Gasteiger charge is -2.35. The zero-order valence-corrected chi connectivity index (χ0v) is 16.1. The molecule has 6 heteroatoms. The fourth-order valence-electron chi connectivity index (χ4n) is 3.34. The van der Waals surface area contributed by atoms with Crippen LogP contribution in [0.15, 0.2) is 42.5 Å². The van der Waals surface area contributed by atoms with Gasteiger partial charge in [-0.15, -0.1) is 0 Å². The third-order valence-electron chi connectivity index (χ3n) is 4.82. The van der Waals surface area contributed by atoms with Crippen LogP contribution in [0.25, 0.3) is 0 Å². The summed E-state index contributed by atoms with van der Waals surface area (Å²) in [6.45, 7) is 4.01. The van der Waals surface area contributed by atoms with Gasteiger partial charge in [0.25, 0.3) is 5.91 Å². The Balaban J connectivity index is 1.67. The number of amides is 1. The molecule has 2 aromatic carbocycles. The largest absolute Gasteiger partial charge is 0.493 e. The van der Waals surface area contributed by atoms with Gasteiger partial charge in [0.15, 0.2) is 11.5 Å². The Labute approximate surface area is 160 Å². The standard InChI is InChI=1S/C21H26N2O4/c1-25-18-13-17(14-19(26-2)20(18)27-3)21(24)23-11-9-22(10-12-23)15-16-7-5-4-6-8-16/h4-8,13-14H,9-12,15H2,1-3H3. The number of hydrogen-bond donors (Lipinski definition) is 0. The second-order valence-electron chi connectivity index (χ2n) is 6.47. The van der Waals surface area contributed by atoms with Crippen molar-refractivity contribution >= 4 is 5.91 Å². The minimum atomic E-state index is -0.0198. The van der Waals surface area contributed by atoms with E-state index in [1.807, 2.05) is 11.0 Å². The molecular weight excluding hydrogens is 344 g/mol. The van der Waals surface area contributed by atoms with Crippen LogP contribution < -0.4 is 14.2 Å². The predicted molar refractivity (Wildman–Crippen MR) is 104 cm³/mol. The molecule has 1 saturated heterocycles. The lowest BCUT2D eigenvalue weighted by atomic mass is 10.1. The van der Waals surface area contributed by atoms with Crippen molar-refractivity contribution in [3.63, 3.8) is 0 Å². The molecular formula is C21H26N2O4. The molecule has 1 amide bonds. The molecule has 2 aromatic rings. The predicted octanol–water partition coefficient (Wildman–Crippen LogP) is 2.67. The van der Waals surface area contributed by atoms with Crippen LogP contribution in [-0.2, 0) is 6.54 Å². The number of rotatable bonds is 6. The summed E-state index contributed by atoms with van der Waals surface area (Å²) >= 11 is 0. The Kier molecular flexibility index (Phi) is 6.19. The summed E-state index contributed by atoms with van der Waals surface area (Å²) in [4.78, 5) is 17.2. The number of nitrogens with zero attached hydrogens (tertiary/aromatic N) is 2. The molecule has 1 fully saturated rings. The molecule has 144 valence electrons. The van der Waals surface area contributed by atoms with Crippen LogP contribution in [-0.4, -0.2) is 63.2 Å². The highest BCUT2D eigenvalue weighted by Gasteiger charge is 2.24. The maximum atomic E-state index is 13.0. The number of methoxy groups -OCH3 is 3. The smallest absolute Gasteiger partial charge is 0.254 e. The van der Waals surface area contributed by atoms with Gasteiger partial charge in [-0.1, -0.05) is 30.3 Å². The third-order valence-corrected chi connectivity index (χ3v) is 4.82. The molecule has 0 aromatic heterocycles. The Bertz CT molecular complexity index is 746. The van der Waals surface area contributed by atoms with Gasteiger partial charge in [0.05, 0.1) is 21.3 Å². The lowest BCUT2D eigenvalue weighted by molar-refractivity contribution is 0.0627. The van der Waals surface area contributed by atoms with E-state index in [1.54, 1.807) is 33.5 Å². The van der Waals surface area contributed by atoms with E-state index in [-0.39, 0.29) is 5.91 Å². The third kappa shape index (κ3) is 4.34. The Morgan fingerprint density at radius 3 is 2.00 bits per heavy atom. The summed E-state index contributed by atoms with van der Waals surface area (Å²) in [5.41, 5.74) is 1.84. The molecule has 3 rings (SSSR count). The minimum absolute atomic E-state index is 0.0198. The van der Waals surface area contributed by atoms with Gasteiger partial charge in [-0.2, -0.15) is 0 Å². The first-order chi connectivity index (χ1) is 13.2. The molecule has 27 heavy (non-hydrogen) atoms. The average Bonchev–Trinajstić information content (AvgIpc) is 2.73. The maximum Gasteiger partial charge on any atom is 0.254 e. The number of carbonyl (C=O) groups excluding carboxylic acids is 1. The highest BCUT2D eigenvalue weighted by atomic mass is 16.5.